The number of hydrogen-bond donors (Lipinski definition) is 1. The van der Waals surface area contributed by atoms with E-state index in [2.05, 4.69) is 4.90 Å². The summed E-state index contributed by atoms with van der Waals surface area (Å²) in [5, 5.41) is 10.4. The van der Waals surface area contributed by atoms with Gasteiger partial charge in [0.15, 0.2) is 0 Å². The van der Waals surface area contributed by atoms with E-state index in [1.54, 1.807) is 6.07 Å². The number of benzene rings is 1. The summed E-state index contributed by atoms with van der Waals surface area (Å²) < 4.78 is 12.9. The van der Waals surface area contributed by atoms with Crippen LogP contribution < -0.4 is 0 Å². The van der Waals surface area contributed by atoms with Crippen LogP contribution in [0.2, 0.25) is 0 Å². The number of nitrogens with zero attached hydrogens (tertiary/aromatic N) is 1. The highest BCUT2D eigenvalue weighted by atomic mass is 19.1. The summed E-state index contributed by atoms with van der Waals surface area (Å²) >= 11 is 0. The van der Waals surface area contributed by atoms with Crippen molar-refractivity contribution >= 4 is 0 Å². The lowest BCUT2D eigenvalue weighted by Gasteiger charge is -2.24. The molecule has 0 spiro atoms. The van der Waals surface area contributed by atoms with Crippen LogP contribution in [-0.2, 0) is 5.60 Å². The lowest BCUT2D eigenvalue weighted by atomic mass is 9.89. The van der Waals surface area contributed by atoms with Crippen molar-refractivity contribution in [2.45, 2.75) is 18.9 Å². The Kier molecular flexibility index (Phi) is 2.52. The Morgan fingerprint density at radius 2 is 2.20 bits per heavy atom. The van der Waals surface area contributed by atoms with E-state index in [1.165, 1.54) is 12.1 Å². The molecule has 1 unspecified atom stereocenters. The first-order chi connectivity index (χ1) is 7.01. The van der Waals surface area contributed by atoms with Crippen LogP contribution in [0.15, 0.2) is 18.2 Å². The topological polar surface area (TPSA) is 23.5 Å². The molecule has 1 aromatic rings. The molecule has 2 nitrogen and oxygen atoms in total. The number of halogens is 1. The van der Waals surface area contributed by atoms with Crippen molar-refractivity contribution in [3.05, 3.63) is 35.1 Å². The largest absolute Gasteiger partial charge is 0.384 e. The van der Waals surface area contributed by atoms with Gasteiger partial charge in [-0.3, -0.25) is 0 Å². The van der Waals surface area contributed by atoms with E-state index in [1.807, 2.05) is 14.0 Å². The van der Waals surface area contributed by atoms with E-state index in [0.717, 1.165) is 24.1 Å². The number of rotatable bonds is 1. The van der Waals surface area contributed by atoms with Crippen LogP contribution in [0.4, 0.5) is 4.39 Å². The fraction of sp³-hybridized carbons (Fsp3) is 0.500. The molecule has 1 aliphatic rings. The third-order valence-corrected chi connectivity index (χ3v) is 3.13. The zero-order valence-electron chi connectivity index (χ0n) is 9.13. The van der Waals surface area contributed by atoms with Gasteiger partial charge in [0, 0.05) is 13.1 Å². The van der Waals surface area contributed by atoms with E-state index in [0.29, 0.717) is 6.54 Å². The molecule has 82 valence electrons. The standard InChI is InChI=1S/C12H16FNO/c1-9-7-10(13)3-4-11(9)12(15)5-6-14(2)8-12/h3-4,7,15H,5-6,8H2,1-2H3. The summed E-state index contributed by atoms with van der Waals surface area (Å²) in [6, 6.07) is 4.59. The van der Waals surface area contributed by atoms with Crippen molar-refractivity contribution in [3.8, 4) is 0 Å². The summed E-state index contributed by atoms with van der Waals surface area (Å²) in [4.78, 5) is 2.09. The van der Waals surface area contributed by atoms with Crippen molar-refractivity contribution < 1.29 is 9.50 Å². The highest BCUT2D eigenvalue weighted by Gasteiger charge is 2.36. The Morgan fingerprint density at radius 1 is 1.47 bits per heavy atom. The van der Waals surface area contributed by atoms with Gasteiger partial charge in [-0.15, -0.1) is 0 Å². The predicted molar refractivity (Wildman–Crippen MR) is 57.1 cm³/mol. The van der Waals surface area contributed by atoms with Gasteiger partial charge in [0.25, 0.3) is 0 Å². The summed E-state index contributed by atoms with van der Waals surface area (Å²) in [5.74, 6) is -0.244. The SMILES string of the molecule is Cc1cc(F)ccc1C1(O)CCN(C)C1. The van der Waals surface area contributed by atoms with E-state index < -0.39 is 5.60 Å². The van der Waals surface area contributed by atoms with Gasteiger partial charge in [-0.25, -0.2) is 4.39 Å². The van der Waals surface area contributed by atoms with Gasteiger partial charge >= 0.3 is 0 Å². The number of aliphatic hydroxyl groups is 1. The molecule has 0 amide bonds. The Hall–Kier alpha value is -0.930. The van der Waals surface area contributed by atoms with E-state index in [4.69, 9.17) is 0 Å². The molecule has 3 heteroatoms. The minimum atomic E-state index is -0.799. The summed E-state index contributed by atoms with van der Waals surface area (Å²) in [5.41, 5.74) is 0.882. The molecule has 15 heavy (non-hydrogen) atoms. The smallest absolute Gasteiger partial charge is 0.123 e. The maximum Gasteiger partial charge on any atom is 0.123 e. The third-order valence-electron chi connectivity index (χ3n) is 3.13. The van der Waals surface area contributed by atoms with Gasteiger partial charge in [-0.05, 0) is 43.7 Å². The highest BCUT2D eigenvalue weighted by molar-refractivity contribution is 5.33. The second kappa shape index (κ2) is 3.58. The zero-order chi connectivity index (χ0) is 11.1. The average molecular weight is 209 g/mol. The first kappa shape index (κ1) is 10.6. The fourth-order valence-electron chi connectivity index (χ4n) is 2.35. The van der Waals surface area contributed by atoms with E-state index >= 15 is 0 Å². The van der Waals surface area contributed by atoms with Crippen LogP contribution >= 0.6 is 0 Å². The number of aryl methyl sites for hydroxylation is 1. The summed E-state index contributed by atoms with van der Waals surface area (Å²) in [7, 11) is 1.98. The van der Waals surface area contributed by atoms with Gasteiger partial charge in [0.1, 0.15) is 11.4 Å². The Morgan fingerprint density at radius 3 is 2.73 bits per heavy atom. The van der Waals surface area contributed by atoms with Crippen LogP contribution in [0, 0.1) is 12.7 Å². The Labute approximate surface area is 89.3 Å². The fourth-order valence-corrected chi connectivity index (χ4v) is 2.35. The van der Waals surface area contributed by atoms with Crippen molar-refractivity contribution in [2.24, 2.45) is 0 Å². The number of likely N-dealkylation sites (tertiary alicyclic amines) is 1. The molecular weight excluding hydrogens is 193 g/mol. The molecule has 2 rings (SSSR count). The van der Waals surface area contributed by atoms with Crippen LogP contribution in [0.1, 0.15) is 17.5 Å². The molecule has 1 fully saturated rings. The molecule has 0 aromatic heterocycles. The van der Waals surface area contributed by atoms with Crippen LogP contribution in [0.25, 0.3) is 0 Å². The monoisotopic (exact) mass is 209 g/mol. The van der Waals surface area contributed by atoms with Crippen molar-refractivity contribution in [3.63, 3.8) is 0 Å². The minimum Gasteiger partial charge on any atom is -0.384 e. The second-order valence-corrected chi connectivity index (χ2v) is 4.48. The molecule has 1 heterocycles. The molecular formula is C12H16FNO. The molecule has 0 saturated carbocycles. The predicted octanol–water partition coefficient (Wildman–Crippen LogP) is 1.66. The zero-order valence-corrected chi connectivity index (χ0v) is 9.13. The summed E-state index contributed by atoms with van der Waals surface area (Å²) in [6.07, 6.45) is 0.718. The van der Waals surface area contributed by atoms with Crippen LogP contribution in [0.5, 0.6) is 0 Å². The maximum atomic E-state index is 12.9. The molecule has 0 radical (unpaired) electrons. The van der Waals surface area contributed by atoms with Gasteiger partial charge < -0.3 is 10.0 Å². The highest BCUT2D eigenvalue weighted by Crippen LogP contribution is 2.33. The molecule has 1 atom stereocenters. The Bertz CT molecular complexity index is 380. The number of likely N-dealkylation sites (N-methyl/N-ethyl adjacent to an activating group) is 1. The van der Waals surface area contributed by atoms with Crippen LogP contribution in [-0.4, -0.2) is 30.1 Å². The third kappa shape index (κ3) is 1.90. The molecule has 0 bridgehead atoms. The lowest BCUT2D eigenvalue weighted by molar-refractivity contribution is 0.0482. The van der Waals surface area contributed by atoms with Crippen molar-refractivity contribution in [2.75, 3.05) is 20.1 Å². The molecule has 1 saturated heterocycles. The number of hydrogen-bond acceptors (Lipinski definition) is 2. The minimum absolute atomic E-state index is 0.244. The van der Waals surface area contributed by atoms with Gasteiger partial charge in [-0.2, -0.15) is 0 Å². The first-order valence-corrected chi connectivity index (χ1v) is 5.19. The van der Waals surface area contributed by atoms with Gasteiger partial charge in [-0.1, -0.05) is 6.07 Å². The summed E-state index contributed by atoms with van der Waals surface area (Å²) in [6.45, 7) is 3.35. The lowest BCUT2D eigenvalue weighted by Crippen LogP contribution is -2.30. The quantitative estimate of drug-likeness (QED) is 0.760. The molecule has 0 aliphatic carbocycles. The maximum absolute atomic E-state index is 12.9. The molecule has 1 N–H and O–H groups in total. The van der Waals surface area contributed by atoms with E-state index in [-0.39, 0.29) is 5.82 Å². The number of β-amino-alcohol motifs (C(OH)–C–C–N with tert-alkyl or cyclic N) is 1. The molecule has 1 aromatic carbocycles. The second-order valence-electron chi connectivity index (χ2n) is 4.48. The average Bonchev–Trinajstić information content (AvgIpc) is 2.46. The first-order valence-electron chi connectivity index (χ1n) is 5.19. The Balaban J connectivity index is 2.37. The van der Waals surface area contributed by atoms with Gasteiger partial charge in [0.05, 0.1) is 0 Å². The van der Waals surface area contributed by atoms with Gasteiger partial charge in [0.2, 0.25) is 0 Å². The molecule has 1 aliphatic heterocycles. The van der Waals surface area contributed by atoms with Crippen molar-refractivity contribution in [1.82, 2.24) is 4.90 Å². The van der Waals surface area contributed by atoms with Crippen molar-refractivity contribution in [1.29, 1.82) is 0 Å². The van der Waals surface area contributed by atoms with E-state index in [9.17, 15) is 9.50 Å². The normalized spacial score (nSPS) is 27.2. The van der Waals surface area contributed by atoms with Crippen LogP contribution in [0.3, 0.4) is 0 Å².